The first kappa shape index (κ1) is 20.9. The van der Waals surface area contributed by atoms with Gasteiger partial charge in [-0.1, -0.05) is 48.5 Å². The summed E-state index contributed by atoms with van der Waals surface area (Å²) >= 11 is 0. The summed E-state index contributed by atoms with van der Waals surface area (Å²) in [7, 11) is -1.08. The second-order valence-electron chi connectivity index (χ2n) is 6.99. The Morgan fingerprint density at radius 2 is 2.00 bits per heavy atom. The van der Waals surface area contributed by atoms with Gasteiger partial charge in [-0.2, -0.15) is 0 Å². The predicted octanol–water partition coefficient (Wildman–Crippen LogP) is 4.32. The highest BCUT2D eigenvalue weighted by molar-refractivity contribution is 8.09. The van der Waals surface area contributed by atoms with Gasteiger partial charge >= 0.3 is 6.09 Å². The third-order valence-corrected chi connectivity index (χ3v) is 6.34. The van der Waals surface area contributed by atoms with Gasteiger partial charge in [-0.3, -0.25) is 4.72 Å². The molecule has 146 valence electrons. The van der Waals surface area contributed by atoms with Gasteiger partial charge in [0.1, 0.15) is 6.61 Å². The zero-order valence-corrected chi connectivity index (χ0v) is 16.9. The molecule has 1 saturated heterocycles. The summed E-state index contributed by atoms with van der Waals surface area (Å²) in [6.45, 7) is 7.82. The summed E-state index contributed by atoms with van der Waals surface area (Å²) in [6.07, 6.45) is 3.45. The SMILES string of the molecule is CCCC(C)=S([O-])N[C@H](C)C1CCN(C(=O)OCc2ccccc2)CC1. The van der Waals surface area contributed by atoms with E-state index in [2.05, 4.69) is 18.6 Å². The highest BCUT2D eigenvalue weighted by Gasteiger charge is 2.26. The Morgan fingerprint density at radius 1 is 1.35 bits per heavy atom. The molecule has 1 aromatic carbocycles. The van der Waals surface area contributed by atoms with Crippen molar-refractivity contribution in [1.29, 1.82) is 0 Å². The number of likely N-dealkylation sites (tertiary alicyclic amines) is 1. The van der Waals surface area contributed by atoms with Gasteiger partial charge in [0.15, 0.2) is 0 Å². The van der Waals surface area contributed by atoms with Crippen molar-refractivity contribution in [3.63, 3.8) is 0 Å². The minimum absolute atomic E-state index is 0.171. The highest BCUT2D eigenvalue weighted by atomic mass is 32.2. The molecule has 1 N–H and O–H groups in total. The van der Waals surface area contributed by atoms with Crippen LogP contribution in [0.3, 0.4) is 0 Å². The second kappa shape index (κ2) is 10.7. The fraction of sp³-hybridized carbons (Fsp3) is 0.600. The Balaban J connectivity index is 1.75. The maximum absolute atomic E-state index is 12.3. The Labute approximate surface area is 160 Å². The third-order valence-electron chi connectivity index (χ3n) is 4.92. The lowest BCUT2D eigenvalue weighted by molar-refractivity contribution is 0.0798. The highest BCUT2D eigenvalue weighted by Crippen LogP contribution is 2.23. The van der Waals surface area contributed by atoms with Crippen LogP contribution in [-0.2, 0) is 11.3 Å². The molecule has 5 nitrogen and oxygen atoms in total. The van der Waals surface area contributed by atoms with Crippen molar-refractivity contribution in [2.45, 2.75) is 59.1 Å². The van der Waals surface area contributed by atoms with Crippen LogP contribution in [0.2, 0.25) is 0 Å². The van der Waals surface area contributed by atoms with Gasteiger partial charge in [0.25, 0.3) is 0 Å². The van der Waals surface area contributed by atoms with Crippen molar-refractivity contribution in [1.82, 2.24) is 9.62 Å². The van der Waals surface area contributed by atoms with E-state index in [9.17, 15) is 9.35 Å². The first-order chi connectivity index (χ1) is 12.5. The minimum atomic E-state index is -1.08. The van der Waals surface area contributed by atoms with Gasteiger partial charge in [0.05, 0.1) is 0 Å². The first-order valence-corrected chi connectivity index (χ1v) is 10.6. The summed E-state index contributed by atoms with van der Waals surface area (Å²) in [5.41, 5.74) is 0.995. The standard InChI is InChI=1S/C20H31N2O3S/c1-4-8-16(2)26(24)21-17(3)19-11-13-22(14-12-19)20(23)25-15-18-9-6-5-7-10-18/h5-7,9-10,17,19,21H,4,8,11-15H2,1-3H3/q-1/t17-,26?/m1/s1. The Bertz CT molecular complexity index is 598. The van der Waals surface area contributed by atoms with Crippen LogP contribution in [0, 0.1) is 5.92 Å². The molecule has 1 aliphatic rings. The van der Waals surface area contributed by atoms with E-state index in [1.807, 2.05) is 37.3 Å². The zero-order chi connectivity index (χ0) is 18.9. The topological polar surface area (TPSA) is 64.6 Å². The summed E-state index contributed by atoms with van der Waals surface area (Å²) in [6, 6.07) is 9.89. The van der Waals surface area contributed by atoms with Crippen molar-refractivity contribution in [2.75, 3.05) is 13.1 Å². The zero-order valence-electron chi connectivity index (χ0n) is 16.1. The molecule has 1 unspecified atom stereocenters. The number of amides is 1. The average Bonchev–Trinajstić information content (AvgIpc) is 2.67. The summed E-state index contributed by atoms with van der Waals surface area (Å²) in [4.78, 5) is 15.0. The Morgan fingerprint density at radius 3 is 2.62 bits per heavy atom. The van der Waals surface area contributed by atoms with Gasteiger partial charge in [0.2, 0.25) is 0 Å². The molecule has 0 aliphatic carbocycles. The lowest BCUT2D eigenvalue weighted by Crippen LogP contribution is -2.43. The molecule has 2 rings (SSSR count). The number of carbonyl (C=O) groups excluding carboxylic acids is 1. The maximum Gasteiger partial charge on any atom is 0.410 e. The fourth-order valence-corrected chi connectivity index (χ4v) is 4.32. The number of ether oxygens (including phenoxy) is 1. The number of piperidine rings is 1. The van der Waals surface area contributed by atoms with Gasteiger partial charge in [-0.05, 0) is 44.6 Å². The van der Waals surface area contributed by atoms with E-state index in [4.69, 9.17) is 4.74 Å². The van der Waals surface area contributed by atoms with Gasteiger partial charge in [-0.25, -0.2) is 15.7 Å². The molecule has 26 heavy (non-hydrogen) atoms. The molecule has 1 aliphatic heterocycles. The lowest BCUT2D eigenvalue weighted by Gasteiger charge is -2.36. The van der Waals surface area contributed by atoms with Crippen molar-refractivity contribution >= 4 is 21.9 Å². The monoisotopic (exact) mass is 379 g/mol. The van der Waals surface area contributed by atoms with E-state index in [0.717, 1.165) is 36.1 Å². The van der Waals surface area contributed by atoms with Crippen LogP contribution < -0.4 is 4.72 Å². The maximum atomic E-state index is 12.3. The number of hydrogen-bond donors (Lipinski definition) is 1. The van der Waals surface area contributed by atoms with Crippen LogP contribution in [0.25, 0.3) is 0 Å². The van der Waals surface area contributed by atoms with E-state index in [-0.39, 0.29) is 12.1 Å². The summed E-state index contributed by atoms with van der Waals surface area (Å²) in [5.74, 6) is 0.423. The van der Waals surface area contributed by atoms with E-state index >= 15 is 0 Å². The molecule has 2 atom stereocenters. The molecule has 0 spiro atoms. The molecule has 0 aromatic heterocycles. The molecule has 1 amide bonds. The Hall–Kier alpha value is -1.37. The smallest absolute Gasteiger partial charge is 0.410 e. The van der Waals surface area contributed by atoms with Crippen LogP contribution >= 0.6 is 11.0 Å². The molecule has 1 fully saturated rings. The molecule has 0 saturated carbocycles. The average molecular weight is 380 g/mol. The predicted molar refractivity (Wildman–Crippen MR) is 107 cm³/mol. The van der Waals surface area contributed by atoms with Crippen LogP contribution in [0.5, 0.6) is 0 Å². The first-order valence-electron chi connectivity index (χ1n) is 9.47. The Kier molecular flexibility index (Phi) is 8.62. The van der Waals surface area contributed by atoms with Crippen molar-refractivity contribution in [3.8, 4) is 0 Å². The van der Waals surface area contributed by atoms with Crippen molar-refractivity contribution in [3.05, 3.63) is 35.9 Å². The quantitative estimate of drug-likeness (QED) is 0.717. The molecular formula is C20H31N2O3S-. The van der Waals surface area contributed by atoms with Crippen LogP contribution in [0.1, 0.15) is 52.0 Å². The summed E-state index contributed by atoms with van der Waals surface area (Å²) in [5, 5.41) is 0. The second-order valence-corrected chi connectivity index (χ2v) is 8.46. The number of carbonyl (C=O) groups is 1. The number of benzene rings is 1. The number of rotatable bonds is 7. The molecule has 0 bridgehead atoms. The molecule has 1 aromatic rings. The van der Waals surface area contributed by atoms with E-state index in [0.29, 0.717) is 25.6 Å². The molecule has 0 radical (unpaired) electrons. The van der Waals surface area contributed by atoms with Gasteiger partial charge in [0, 0.05) is 19.1 Å². The molecule has 1 heterocycles. The van der Waals surface area contributed by atoms with Crippen molar-refractivity contribution in [2.24, 2.45) is 5.92 Å². The minimum Gasteiger partial charge on any atom is -0.791 e. The summed E-state index contributed by atoms with van der Waals surface area (Å²) < 4.78 is 20.9. The lowest BCUT2D eigenvalue weighted by atomic mass is 9.91. The van der Waals surface area contributed by atoms with Crippen LogP contribution in [-0.4, -0.2) is 39.5 Å². The number of nitrogens with one attached hydrogen (secondary N) is 1. The van der Waals surface area contributed by atoms with E-state index in [1.165, 1.54) is 0 Å². The normalized spacial score (nSPS) is 18.3. The third kappa shape index (κ3) is 6.41. The fourth-order valence-electron chi connectivity index (χ4n) is 3.20. The van der Waals surface area contributed by atoms with Gasteiger partial charge in [-0.15, -0.1) is 0 Å². The van der Waals surface area contributed by atoms with Gasteiger partial charge < -0.3 is 14.2 Å². The number of nitrogens with zero attached hydrogens (tertiary/aromatic N) is 1. The van der Waals surface area contributed by atoms with Crippen LogP contribution in [0.15, 0.2) is 30.3 Å². The number of hydrogen-bond acceptors (Lipinski definition) is 4. The van der Waals surface area contributed by atoms with E-state index in [1.54, 1.807) is 4.90 Å². The molecular weight excluding hydrogens is 348 g/mol. The van der Waals surface area contributed by atoms with Crippen molar-refractivity contribution < 1.29 is 14.1 Å². The van der Waals surface area contributed by atoms with Crippen LogP contribution in [0.4, 0.5) is 4.79 Å². The largest absolute Gasteiger partial charge is 0.791 e. The molecule has 6 heteroatoms. The van der Waals surface area contributed by atoms with E-state index < -0.39 is 11.0 Å².